The minimum absolute atomic E-state index is 0.0378. The van der Waals surface area contributed by atoms with Crippen LogP contribution < -0.4 is 5.32 Å². The summed E-state index contributed by atoms with van der Waals surface area (Å²) in [6, 6.07) is 10.9. The van der Waals surface area contributed by atoms with Crippen molar-refractivity contribution in [3.8, 4) is 11.3 Å². The smallest absolute Gasteiger partial charge is 0.343 e. The van der Waals surface area contributed by atoms with Crippen molar-refractivity contribution in [2.24, 2.45) is 0 Å². The van der Waals surface area contributed by atoms with Gasteiger partial charge in [0.1, 0.15) is 0 Å². The van der Waals surface area contributed by atoms with Crippen LogP contribution in [0.2, 0.25) is 0 Å². The maximum Gasteiger partial charge on any atom is 0.343 e. The molecule has 0 spiro atoms. The lowest BCUT2D eigenvalue weighted by Gasteiger charge is -2.02. The highest BCUT2D eigenvalue weighted by Crippen LogP contribution is 2.29. The number of H-pyrrole nitrogens is 1. The van der Waals surface area contributed by atoms with Gasteiger partial charge in [-0.15, -0.1) is 0 Å². The van der Waals surface area contributed by atoms with E-state index in [1.54, 1.807) is 18.3 Å². The molecule has 2 heterocycles. The van der Waals surface area contributed by atoms with Crippen molar-refractivity contribution in [1.29, 1.82) is 0 Å². The van der Waals surface area contributed by atoms with Crippen LogP contribution in [0.25, 0.3) is 11.3 Å². The van der Waals surface area contributed by atoms with Crippen molar-refractivity contribution >= 4 is 11.8 Å². The van der Waals surface area contributed by atoms with Crippen LogP contribution >= 0.6 is 0 Å². The Morgan fingerprint density at radius 2 is 2.09 bits per heavy atom. The Kier molecular flexibility index (Phi) is 3.86. The highest BCUT2D eigenvalue weighted by atomic mass is 16.5. The fraction of sp³-hybridized carbons (Fsp3) is 0.133. The van der Waals surface area contributed by atoms with Crippen molar-refractivity contribution in [2.75, 3.05) is 11.9 Å². The number of aromatic carboxylic acids is 1. The fourth-order valence-corrected chi connectivity index (χ4v) is 2.14. The third-order valence-electron chi connectivity index (χ3n) is 3.19. The second-order valence-electron chi connectivity index (χ2n) is 4.67. The highest BCUT2D eigenvalue weighted by molar-refractivity contribution is 5.99. The van der Waals surface area contributed by atoms with E-state index >= 15 is 0 Å². The van der Waals surface area contributed by atoms with Gasteiger partial charge in [0.15, 0.2) is 17.1 Å². The van der Waals surface area contributed by atoms with Crippen LogP contribution in [0, 0.1) is 0 Å². The van der Waals surface area contributed by atoms with Gasteiger partial charge in [-0.3, -0.25) is 5.10 Å². The zero-order valence-corrected chi connectivity index (χ0v) is 11.6. The average molecular weight is 298 g/mol. The number of carboxylic acids is 1. The molecule has 3 aromatic rings. The lowest BCUT2D eigenvalue weighted by Crippen LogP contribution is -2.09. The summed E-state index contributed by atoms with van der Waals surface area (Å²) in [6.45, 7) is 0.517. The van der Waals surface area contributed by atoms with Gasteiger partial charge in [0.25, 0.3) is 0 Å². The Morgan fingerprint density at radius 1 is 1.27 bits per heavy atom. The number of aromatic amines is 1. The van der Waals surface area contributed by atoms with E-state index in [0.717, 1.165) is 5.69 Å². The quantitative estimate of drug-likeness (QED) is 0.645. The molecule has 7 nitrogen and oxygen atoms in total. The molecule has 0 amide bonds. The molecule has 0 unspecified atom stereocenters. The van der Waals surface area contributed by atoms with Gasteiger partial charge in [-0.2, -0.15) is 5.10 Å². The van der Waals surface area contributed by atoms with E-state index in [9.17, 15) is 9.90 Å². The van der Waals surface area contributed by atoms with Gasteiger partial charge >= 0.3 is 5.97 Å². The molecule has 22 heavy (non-hydrogen) atoms. The Bertz CT molecular complexity index is 750. The van der Waals surface area contributed by atoms with E-state index in [4.69, 9.17) is 4.52 Å². The zero-order chi connectivity index (χ0) is 15.4. The molecule has 112 valence electrons. The molecule has 0 atom stereocenters. The summed E-state index contributed by atoms with van der Waals surface area (Å²) < 4.78 is 5.22. The number of nitrogens with one attached hydrogen (secondary N) is 2. The molecule has 3 N–H and O–H groups in total. The molecule has 0 bridgehead atoms. The van der Waals surface area contributed by atoms with Crippen LogP contribution in [0.4, 0.5) is 5.82 Å². The zero-order valence-electron chi connectivity index (χ0n) is 11.6. The molecular formula is C15H14N4O3. The highest BCUT2D eigenvalue weighted by Gasteiger charge is 2.23. The topological polar surface area (TPSA) is 104 Å². The fourth-order valence-electron chi connectivity index (χ4n) is 2.14. The van der Waals surface area contributed by atoms with E-state index < -0.39 is 5.97 Å². The van der Waals surface area contributed by atoms with Crippen molar-refractivity contribution in [1.82, 2.24) is 15.4 Å². The number of anilines is 1. The Balaban J connectivity index is 1.80. The first-order valence-electron chi connectivity index (χ1n) is 6.76. The monoisotopic (exact) mass is 298 g/mol. The number of benzene rings is 1. The number of hydrogen-bond donors (Lipinski definition) is 3. The van der Waals surface area contributed by atoms with Crippen LogP contribution in [0.5, 0.6) is 0 Å². The summed E-state index contributed by atoms with van der Waals surface area (Å²) in [7, 11) is 0. The first-order chi connectivity index (χ1) is 10.8. The van der Waals surface area contributed by atoms with Crippen molar-refractivity contribution in [3.05, 3.63) is 53.9 Å². The first-order valence-corrected chi connectivity index (χ1v) is 6.76. The third-order valence-corrected chi connectivity index (χ3v) is 3.19. The van der Waals surface area contributed by atoms with E-state index in [0.29, 0.717) is 18.5 Å². The normalized spacial score (nSPS) is 10.5. The maximum absolute atomic E-state index is 11.5. The van der Waals surface area contributed by atoms with Crippen molar-refractivity contribution < 1.29 is 14.4 Å². The minimum Gasteiger partial charge on any atom is -0.477 e. The number of nitrogens with zero attached hydrogens (tertiary/aromatic N) is 2. The molecule has 0 fully saturated rings. The van der Waals surface area contributed by atoms with Crippen molar-refractivity contribution in [2.45, 2.75) is 6.42 Å². The van der Waals surface area contributed by atoms with Crippen LogP contribution in [-0.4, -0.2) is 33.0 Å². The lowest BCUT2D eigenvalue weighted by molar-refractivity contribution is 0.0698. The summed E-state index contributed by atoms with van der Waals surface area (Å²) >= 11 is 0. The van der Waals surface area contributed by atoms with Gasteiger partial charge in [-0.25, -0.2) is 4.79 Å². The van der Waals surface area contributed by atoms with Gasteiger partial charge in [-0.1, -0.05) is 35.5 Å². The Labute approximate surface area is 126 Å². The number of aromatic nitrogens is 3. The number of rotatable bonds is 6. The van der Waals surface area contributed by atoms with Gasteiger partial charge in [0, 0.05) is 30.4 Å². The van der Waals surface area contributed by atoms with Gasteiger partial charge in [0.05, 0.1) is 0 Å². The summed E-state index contributed by atoms with van der Waals surface area (Å²) in [6.07, 6.45) is 2.34. The summed E-state index contributed by atoms with van der Waals surface area (Å²) in [5, 5.41) is 23.0. The molecule has 2 aromatic heterocycles. The third kappa shape index (κ3) is 2.83. The van der Waals surface area contributed by atoms with E-state index in [1.807, 2.05) is 24.3 Å². The van der Waals surface area contributed by atoms with Crippen LogP contribution in [0.3, 0.4) is 0 Å². The van der Waals surface area contributed by atoms with Crippen LogP contribution in [0.15, 0.2) is 47.1 Å². The second kappa shape index (κ2) is 6.13. The Hall–Kier alpha value is -3.09. The molecule has 0 aliphatic heterocycles. The molecular weight excluding hydrogens is 284 g/mol. The maximum atomic E-state index is 11.5. The van der Waals surface area contributed by atoms with Crippen molar-refractivity contribution in [3.63, 3.8) is 0 Å². The second-order valence-corrected chi connectivity index (χ2v) is 4.67. The summed E-state index contributed by atoms with van der Waals surface area (Å²) in [5.74, 6) is -0.604. The van der Waals surface area contributed by atoms with E-state index in [1.165, 1.54) is 0 Å². The largest absolute Gasteiger partial charge is 0.477 e. The molecule has 3 rings (SSSR count). The SMILES string of the molecule is O=C(O)c1c(NCCc2ccn[nH]2)noc1-c1ccccc1. The first kappa shape index (κ1) is 13.9. The number of carboxylic acid groups (broad SMARTS) is 1. The molecule has 0 aliphatic carbocycles. The van der Waals surface area contributed by atoms with Gasteiger partial charge in [0.2, 0.25) is 0 Å². The van der Waals surface area contributed by atoms with Gasteiger partial charge in [-0.05, 0) is 6.07 Å². The number of carbonyl (C=O) groups is 1. The number of hydrogen-bond acceptors (Lipinski definition) is 5. The molecule has 0 radical (unpaired) electrons. The molecule has 0 saturated heterocycles. The summed E-state index contributed by atoms with van der Waals surface area (Å²) in [4.78, 5) is 11.5. The molecule has 0 saturated carbocycles. The molecule has 0 aliphatic rings. The lowest BCUT2D eigenvalue weighted by atomic mass is 10.1. The molecule has 7 heteroatoms. The summed E-state index contributed by atoms with van der Waals surface area (Å²) in [5.41, 5.74) is 1.67. The predicted octanol–water partition coefficient (Wildman–Crippen LogP) is 2.42. The predicted molar refractivity (Wildman–Crippen MR) is 79.7 cm³/mol. The van der Waals surface area contributed by atoms with Crippen LogP contribution in [0.1, 0.15) is 16.1 Å². The Morgan fingerprint density at radius 3 is 2.77 bits per heavy atom. The minimum atomic E-state index is -1.08. The molecule has 1 aromatic carbocycles. The van der Waals surface area contributed by atoms with E-state index in [2.05, 4.69) is 20.7 Å². The standard InChI is InChI=1S/C15H14N4O3/c20-15(21)12-13(10-4-2-1-3-5-10)22-19-14(12)16-8-6-11-7-9-17-18-11/h1-5,7,9H,6,8H2,(H,16,19)(H,17,18)(H,20,21). The average Bonchev–Trinajstić information content (AvgIpc) is 3.17. The van der Waals surface area contributed by atoms with E-state index in [-0.39, 0.29) is 17.1 Å². The van der Waals surface area contributed by atoms with Gasteiger partial charge < -0.3 is 14.9 Å². The van der Waals surface area contributed by atoms with Crippen LogP contribution in [-0.2, 0) is 6.42 Å².